The van der Waals surface area contributed by atoms with Gasteiger partial charge in [0.15, 0.2) is 0 Å². The van der Waals surface area contributed by atoms with Crippen LogP contribution in [0.5, 0.6) is 0 Å². The first-order chi connectivity index (χ1) is 7.24. The molecule has 4 heteroatoms. The highest BCUT2D eigenvalue weighted by Crippen LogP contribution is 2.12. The summed E-state index contributed by atoms with van der Waals surface area (Å²) in [6, 6.07) is 9.48. The fourth-order valence-electron chi connectivity index (χ4n) is 1.35. The van der Waals surface area contributed by atoms with Gasteiger partial charge in [-0.15, -0.1) is 12.4 Å². The van der Waals surface area contributed by atoms with Crippen molar-refractivity contribution in [1.29, 1.82) is 0 Å². The zero-order chi connectivity index (χ0) is 11.1. The van der Waals surface area contributed by atoms with E-state index in [1.807, 2.05) is 37.3 Å². The van der Waals surface area contributed by atoms with Gasteiger partial charge < -0.3 is 11.1 Å². The predicted octanol–water partition coefficient (Wildman–Crippen LogP) is 2.02. The quantitative estimate of drug-likeness (QED) is 0.830. The number of amides is 1. The number of carbonyl (C=O) groups is 1. The Balaban J connectivity index is 0.00000225. The molecule has 0 heterocycles. The molecule has 0 bridgehead atoms. The molecule has 0 radical (unpaired) electrons. The minimum atomic E-state index is -0.206. The summed E-state index contributed by atoms with van der Waals surface area (Å²) < 4.78 is 0. The van der Waals surface area contributed by atoms with Gasteiger partial charge in [-0.2, -0.15) is 0 Å². The van der Waals surface area contributed by atoms with Crippen molar-refractivity contribution in [2.75, 3.05) is 6.54 Å². The van der Waals surface area contributed by atoms with Gasteiger partial charge in [-0.1, -0.05) is 37.3 Å². The summed E-state index contributed by atoms with van der Waals surface area (Å²) in [6.07, 6.45) is 1.30. The third kappa shape index (κ3) is 5.14. The molecule has 0 aliphatic rings. The lowest BCUT2D eigenvalue weighted by atomic mass is 10.0. The SMILES string of the molecule is CCCNC(=O)CC(N)c1ccccc1.Cl. The van der Waals surface area contributed by atoms with Crippen molar-refractivity contribution in [3.8, 4) is 0 Å². The number of hydrogen-bond donors (Lipinski definition) is 2. The van der Waals surface area contributed by atoms with E-state index in [-0.39, 0.29) is 24.4 Å². The van der Waals surface area contributed by atoms with Gasteiger partial charge in [-0.25, -0.2) is 0 Å². The molecule has 0 saturated heterocycles. The molecule has 0 saturated carbocycles. The highest BCUT2D eigenvalue weighted by molar-refractivity contribution is 5.85. The Hall–Kier alpha value is -1.06. The van der Waals surface area contributed by atoms with Crippen molar-refractivity contribution >= 4 is 18.3 Å². The standard InChI is InChI=1S/C12H18N2O.ClH/c1-2-8-14-12(15)9-11(13)10-6-4-3-5-7-10;/h3-7,11H,2,8-9,13H2,1H3,(H,14,15);1H. The van der Waals surface area contributed by atoms with Crippen LogP contribution in [-0.2, 0) is 4.79 Å². The van der Waals surface area contributed by atoms with Gasteiger partial charge in [0.25, 0.3) is 0 Å². The largest absolute Gasteiger partial charge is 0.356 e. The average molecular weight is 243 g/mol. The Morgan fingerprint density at radius 2 is 2.00 bits per heavy atom. The van der Waals surface area contributed by atoms with Gasteiger partial charge in [-0.05, 0) is 12.0 Å². The molecular formula is C12H19ClN2O. The fraction of sp³-hybridized carbons (Fsp3) is 0.417. The van der Waals surface area contributed by atoms with E-state index in [0.29, 0.717) is 6.42 Å². The smallest absolute Gasteiger partial charge is 0.221 e. The molecule has 0 aliphatic heterocycles. The summed E-state index contributed by atoms with van der Waals surface area (Å²) >= 11 is 0. The van der Waals surface area contributed by atoms with Crippen LogP contribution < -0.4 is 11.1 Å². The molecule has 1 aromatic carbocycles. The molecule has 3 N–H and O–H groups in total. The Kier molecular flexibility index (Phi) is 7.60. The lowest BCUT2D eigenvalue weighted by Gasteiger charge is -2.11. The van der Waals surface area contributed by atoms with Gasteiger partial charge in [0.2, 0.25) is 5.91 Å². The summed E-state index contributed by atoms with van der Waals surface area (Å²) in [5, 5.41) is 2.81. The highest BCUT2D eigenvalue weighted by atomic mass is 35.5. The van der Waals surface area contributed by atoms with Gasteiger partial charge in [0.1, 0.15) is 0 Å². The van der Waals surface area contributed by atoms with Crippen LogP contribution in [0.2, 0.25) is 0 Å². The van der Waals surface area contributed by atoms with Crippen molar-refractivity contribution in [3.63, 3.8) is 0 Å². The maximum atomic E-state index is 11.4. The first-order valence-electron chi connectivity index (χ1n) is 5.31. The second kappa shape index (κ2) is 8.13. The molecule has 16 heavy (non-hydrogen) atoms. The maximum absolute atomic E-state index is 11.4. The number of halogens is 1. The second-order valence-electron chi connectivity index (χ2n) is 3.57. The van der Waals surface area contributed by atoms with Gasteiger partial charge in [0, 0.05) is 19.0 Å². The van der Waals surface area contributed by atoms with E-state index < -0.39 is 0 Å². The van der Waals surface area contributed by atoms with Crippen molar-refractivity contribution in [3.05, 3.63) is 35.9 Å². The van der Waals surface area contributed by atoms with Crippen LogP contribution in [-0.4, -0.2) is 12.5 Å². The van der Waals surface area contributed by atoms with Crippen molar-refractivity contribution < 1.29 is 4.79 Å². The number of carbonyl (C=O) groups excluding carboxylic acids is 1. The van der Waals surface area contributed by atoms with E-state index in [9.17, 15) is 4.79 Å². The number of nitrogens with two attached hydrogens (primary N) is 1. The van der Waals surface area contributed by atoms with E-state index in [0.717, 1.165) is 18.5 Å². The van der Waals surface area contributed by atoms with Crippen LogP contribution in [0.3, 0.4) is 0 Å². The number of benzene rings is 1. The predicted molar refractivity (Wildman–Crippen MR) is 68.5 cm³/mol. The molecule has 1 atom stereocenters. The van der Waals surface area contributed by atoms with E-state index in [1.165, 1.54) is 0 Å². The molecule has 0 aliphatic carbocycles. The van der Waals surface area contributed by atoms with Gasteiger partial charge >= 0.3 is 0 Å². The van der Waals surface area contributed by atoms with Gasteiger partial charge in [-0.3, -0.25) is 4.79 Å². The molecule has 1 rings (SSSR count). The minimum Gasteiger partial charge on any atom is -0.356 e. The average Bonchev–Trinajstić information content (AvgIpc) is 2.27. The molecule has 90 valence electrons. The maximum Gasteiger partial charge on any atom is 0.221 e. The van der Waals surface area contributed by atoms with Crippen LogP contribution in [0, 0.1) is 0 Å². The first kappa shape index (κ1) is 14.9. The fourth-order valence-corrected chi connectivity index (χ4v) is 1.35. The Morgan fingerprint density at radius 3 is 2.56 bits per heavy atom. The zero-order valence-corrected chi connectivity index (χ0v) is 10.3. The van der Waals surface area contributed by atoms with Crippen LogP contribution in [0.4, 0.5) is 0 Å². The summed E-state index contributed by atoms with van der Waals surface area (Å²) in [7, 11) is 0. The lowest BCUT2D eigenvalue weighted by molar-refractivity contribution is -0.121. The van der Waals surface area contributed by atoms with Crippen LogP contribution in [0.1, 0.15) is 31.4 Å². The number of nitrogens with one attached hydrogen (secondary N) is 1. The first-order valence-corrected chi connectivity index (χ1v) is 5.31. The third-order valence-electron chi connectivity index (χ3n) is 2.21. The molecule has 0 aromatic heterocycles. The lowest BCUT2D eigenvalue weighted by Crippen LogP contribution is -2.27. The van der Waals surface area contributed by atoms with Crippen LogP contribution in [0.25, 0.3) is 0 Å². The molecular weight excluding hydrogens is 224 g/mol. The topological polar surface area (TPSA) is 55.1 Å². The Morgan fingerprint density at radius 1 is 1.38 bits per heavy atom. The Labute approximate surface area is 103 Å². The molecule has 3 nitrogen and oxygen atoms in total. The molecule has 1 unspecified atom stereocenters. The monoisotopic (exact) mass is 242 g/mol. The molecule has 1 aromatic rings. The summed E-state index contributed by atoms with van der Waals surface area (Å²) in [6.45, 7) is 2.75. The van der Waals surface area contributed by atoms with Gasteiger partial charge in [0.05, 0.1) is 0 Å². The van der Waals surface area contributed by atoms with Crippen molar-refractivity contribution in [1.82, 2.24) is 5.32 Å². The minimum absolute atomic E-state index is 0. The third-order valence-corrected chi connectivity index (χ3v) is 2.21. The van der Waals surface area contributed by atoms with E-state index >= 15 is 0 Å². The zero-order valence-electron chi connectivity index (χ0n) is 9.48. The normalized spacial score (nSPS) is 11.4. The van der Waals surface area contributed by atoms with E-state index in [1.54, 1.807) is 0 Å². The second-order valence-corrected chi connectivity index (χ2v) is 3.57. The summed E-state index contributed by atoms with van der Waals surface area (Å²) in [5.41, 5.74) is 6.91. The number of rotatable bonds is 5. The van der Waals surface area contributed by atoms with Crippen molar-refractivity contribution in [2.45, 2.75) is 25.8 Å². The summed E-state index contributed by atoms with van der Waals surface area (Å²) in [5.74, 6) is 0.0215. The van der Waals surface area contributed by atoms with Crippen LogP contribution in [0.15, 0.2) is 30.3 Å². The number of hydrogen-bond acceptors (Lipinski definition) is 2. The van der Waals surface area contributed by atoms with Crippen molar-refractivity contribution in [2.24, 2.45) is 5.73 Å². The van der Waals surface area contributed by atoms with E-state index in [4.69, 9.17) is 5.73 Å². The molecule has 0 fully saturated rings. The highest BCUT2D eigenvalue weighted by Gasteiger charge is 2.10. The summed E-state index contributed by atoms with van der Waals surface area (Å²) in [4.78, 5) is 11.4. The molecule has 0 spiro atoms. The van der Waals surface area contributed by atoms with Crippen LogP contribution >= 0.6 is 12.4 Å². The van der Waals surface area contributed by atoms with E-state index in [2.05, 4.69) is 5.32 Å². The Bertz CT molecular complexity index is 303. The molecule has 1 amide bonds.